The SMILES string of the molecule is CNC1C(C)CC2CC1CC(C)(C(N)=O)C2.Cc1cc(Cl)c(SNC(C)(C)C=O)c(Cl)c1. The highest BCUT2D eigenvalue weighted by Crippen LogP contribution is 2.50. The highest BCUT2D eigenvalue weighted by molar-refractivity contribution is 7.97. The molecular formula is C24H37Cl2N3O2S. The summed E-state index contributed by atoms with van der Waals surface area (Å²) in [5.41, 5.74) is 5.71. The summed E-state index contributed by atoms with van der Waals surface area (Å²) in [5, 5.41) is 4.61. The van der Waals surface area contributed by atoms with E-state index in [4.69, 9.17) is 28.9 Å². The molecule has 2 bridgehead atoms. The molecule has 0 spiro atoms. The summed E-state index contributed by atoms with van der Waals surface area (Å²) < 4.78 is 3.01. The Hall–Kier alpha value is -0.790. The van der Waals surface area contributed by atoms with Crippen LogP contribution in [0.1, 0.15) is 58.9 Å². The van der Waals surface area contributed by atoms with E-state index in [-0.39, 0.29) is 11.3 Å². The molecule has 2 saturated carbocycles. The normalized spacial score (nSPS) is 29.6. The van der Waals surface area contributed by atoms with Crippen LogP contribution in [0.4, 0.5) is 0 Å². The number of carbonyl (C=O) groups excluding carboxylic acids is 2. The highest BCUT2D eigenvalue weighted by Gasteiger charge is 2.47. The van der Waals surface area contributed by atoms with E-state index in [0.717, 1.165) is 35.5 Å². The molecule has 0 aliphatic heterocycles. The number of hydrogen-bond donors (Lipinski definition) is 3. The summed E-state index contributed by atoms with van der Waals surface area (Å²) in [7, 11) is 2.04. The van der Waals surface area contributed by atoms with Gasteiger partial charge in [0.2, 0.25) is 5.91 Å². The smallest absolute Gasteiger partial charge is 0.223 e. The molecule has 5 atom stereocenters. The second-order valence-electron chi connectivity index (χ2n) is 10.3. The molecule has 5 unspecified atom stereocenters. The summed E-state index contributed by atoms with van der Waals surface area (Å²) in [6.45, 7) is 9.87. The van der Waals surface area contributed by atoms with Crippen molar-refractivity contribution in [1.82, 2.24) is 10.0 Å². The van der Waals surface area contributed by atoms with Crippen LogP contribution in [0.15, 0.2) is 17.0 Å². The van der Waals surface area contributed by atoms with Crippen LogP contribution < -0.4 is 15.8 Å². The van der Waals surface area contributed by atoms with Gasteiger partial charge >= 0.3 is 0 Å². The number of carbonyl (C=O) groups is 2. The molecule has 8 heteroatoms. The zero-order valence-electron chi connectivity index (χ0n) is 19.9. The van der Waals surface area contributed by atoms with Crippen LogP contribution in [0.2, 0.25) is 10.0 Å². The lowest BCUT2D eigenvalue weighted by molar-refractivity contribution is -0.132. The number of rotatable bonds is 6. The Balaban J connectivity index is 0.000000227. The topological polar surface area (TPSA) is 84.2 Å². The Kier molecular flexibility index (Phi) is 9.51. The lowest BCUT2D eigenvalue weighted by Crippen LogP contribution is -2.52. The molecule has 1 aromatic carbocycles. The molecule has 2 aliphatic carbocycles. The summed E-state index contributed by atoms with van der Waals surface area (Å²) >= 11 is 13.4. The van der Waals surface area contributed by atoms with Crippen molar-refractivity contribution in [3.8, 4) is 0 Å². The van der Waals surface area contributed by atoms with Gasteiger partial charge in [0.25, 0.3) is 0 Å². The molecule has 180 valence electrons. The second kappa shape index (κ2) is 11.1. The van der Waals surface area contributed by atoms with Gasteiger partial charge in [0.1, 0.15) is 6.29 Å². The Morgan fingerprint density at radius 3 is 2.34 bits per heavy atom. The first kappa shape index (κ1) is 27.5. The van der Waals surface area contributed by atoms with Gasteiger partial charge in [-0.1, -0.05) is 37.0 Å². The molecule has 5 nitrogen and oxygen atoms in total. The molecule has 0 aromatic heterocycles. The fourth-order valence-corrected chi connectivity index (χ4v) is 6.75. The van der Waals surface area contributed by atoms with Crippen molar-refractivity contribution < 1.29 is 9.59 Å². The minimum Gasteiger partial charge on any atom is -0.369 e. The fraction of sp³-hybridized carbons (Fsp3) is 0.667. The highest BCUT2D eigenvalue weighted by atomic mass is 35.5. The van der Waals surface area contributed by atoms with E-state index >= 15 is 0 Å². The first-order valence-corrected chi connectivity index (χ1v) is 12.7. The van der Waals surface area contributed by atoms with Gasteiger partial charge in [-0.3, -0.25) is 4.79 Å². The van der Waals surface area contributed by atoms with Gasteiger partial charge in [-0.15, -0.1) is 0 Å². The summed E-state index contributed by atoms with van der Waals surface area (Å²) in [6, 6.07) is 4.24. The number of aldehydes is 1. The van der Waals surface area contributed by atoms with Gasteiger partial charge in [0.15, 0.2) is 0 Å². The predicted molar refractivity (Wildman–Crippen MR) is 135 cm³/mol. The van der Waals surface area contributed by atoms with Crippen LogP contribution in [0.3, 0.4) is 0 Å². The van der Waals surface area contributed by atoms with Crippen LogP contribution in [0.5, 0.6) is 0 Å². The van der Waals surface area contributed by atoms with E-state index in [2.05, 4.69) is 23.9 Å². The number of nitrogens with one attached hydrogen (secondary N) is 2. The van der Waals surface area contributed by atoms with Crippen molar-refractivity contribution in [3.05, 3.63) is 27.7 Å². The summed E-state index contributed by atoms with van der Waals surface area (Å²) in [6.07, 6.45) is 5.33. The van der Waals surface area contributed by atoms with E-state index in [1.54, 1.807) is 13.8 Å². The minimum atomic E-state index is -0.609. The monoisotopic (exact) mass is 501 g/mol. The van der Waals surface area contributed by atoms with Gasteiger partial charge < -0.3 is 15.8 Å². The number of benzene rings is 1. The Labute approximate surface area is 207 Å². The number of primary amides is 1. The second-order valence-corrected chi connectivity index (χ2v) is 12.0. The molecule has 0 heterocycles. The maximum atomic E-state index is 11.6. The zero-order valence-corrected chi connectivity index (χ0v) is 22.3. The Morgan fingerprint density at radius 1 is 1.25 bits per heavy atom. The number of aryl methyl sites for hydroxylation is 1. The van der Waals surface area contributed by atoms with E-state index in [1.165, 1.54) is 24.8 Å². The Morgan fingerprint density at radius 2 is 1.84 bits per heavy atom. The van der Waals surface area contributed by atoms with Gasteiger partial charge in [0, 0.05) is 11.5 Å². The molecule has 1 aromatic rings. The average Bonchev–Trinajstić information content (AvgIpc) is 2.67. The van der Waals surface area contributed by atoms with Crippen molar-refractivity contribution >= 4 is 47.3 Å². The first-order chi connectivity index (χ1) is 14.8. The summed E-state index contributed by atoms with van der Waals surface area (Å²) in [4.78, 5) is 23.1. The largest absolute Gasteiger partial charge is 0.369 e. The van der Waals surface area contributed by atoms with Gasteiger partial charge in [-0.25, -0.2) is 4.72 Å². The van der Waals surface area contributed by atoms with Crippen LogP contribution in [0.25, 0.3) is 0 Å². The first-order valence-electron chi connectivity index (χ1n) is 11.1. The van der Waals surface area contributed by atoms with Crippen molar-refractivity contribution in [1.29, 1.82) is 0 Å². The van der Waals surface area contributed by atoms with E-state index in [1.807, 2.05) is 26.1 Å². The Bertz CT molecular complexity index is 810. The maximum Gasteiger partial charge on any atom is 0.223 e. The number of halogens is 2. The molecule has 0 radical (unpaired) electrons. The van der Waals surface area contributed by atoms with Gasteiger partial charge in [0.05, 0.1) is 20.5 Å². The third-order valence-corrected chi connectivity index (χ3v) is 8.79. The number of amides is 1. The van der Waals surface area contributed by atoms with Crippen molar-refractivity contribution in [2.75, 3.05) is 7.05 Å². The molecule has 3 rings (SSSR count). The van der Waals surface area contributed by atoms with E-state index in [0.29, 0.717) is 27.9 Å². The zero-order chi connectivity index (χ0) is 24.3. The third kappa shape index (κ3) is 6.86. The lowest BCUT2D eigenvalue weighted by Gasteiger charge is -2.49. The number of fused-ring (bicyclic) bond motifs is 2. The molecule has 0 saturated heterocycles. The van der Waals surface area contributed by atoms with Crippen molar-refractivity contribution in [2.24, 2.45) is 28.9 Å². The molecule has 2 aliphatic rings. The van der Waals surface area contributed by atoms with Gasteiger partial charge in [-0.05, 0) is 101 Å². The summed E-state index contributed by atoms with van der Waals surface area (Å²) in [5.74, 6) is 1.96. The van der Waals surface area contributed by atoms with Crippen LogP contribution >= 0.6 is 35.1 Å². The molecule has 2 fully saturated rings. The van der Waals surface area contributed by atoms with E-state index in [9.17, 15) is 9.59 Å². The van der Waals surface area contributed by atoms with Crippen LogP contribution in [0, 0.1) is 30.1 Å². The quantitative estimate of drug-likeness (QED) is 0.359. The fourth-order valence-electron chi connectivity index (χ4n) is 5.20. The van der Waals surface area contributed by atoms with Gasteiger partial charge in [-0.2, -0.15) is 0 Å². The van der Waals surface area contributed by atoms with E-state index < -0.39 is 5.54 Å². The third-order valence-electron chi connectivity index (χ3n) is 6.70. The predicted octanol–water partition coefficient (Wildman–Crippen LogP) is 5.40. The average molecular weight is 503 g/mol. The maximum absolute atomic E-state index is 11.6. The number of hydrogen-bond acceptors (Lipinski definition) is 5. The van der Waals surface area contributed by atoms with Crippen LogP contribution in [-0.4, -0.2) is 30.8 Å². The molecule has 4 N–H and O–H groups in total. The van der Waals surface area contributed by atoms with Crippen molar-refractivity contribution in [2.45, 2.75) is 76.8 Å². The lowest BCUT2D eigenvalue weighted by atomic mass is 9.57. The van der Waals surface area contributed by atoms with Crippen LogP contribution in [-0.2, 0) is 9.59 Å². The molecule has 32 heavy (non-hydrogen) atoms. The standard InChI is InChI=1S/C13H24N2O.C11H13Cl2NOS/c1-8-4-9-5-10(11(8)15-3)7-13(2,6-9)12(14)16;1-7-4-8(12)10(9(13)5-7)16-14-11(2,3)6-15/h8-11,15H,4-7H2,1-3H3,(H2,14,16);4-6,14H,1-3H3. The van der Waals surface area contributed by atoms with Crippen molar-refractivity contribution in [3.63, 3.8) is 0 Å². The molecular weight excluding hydrogens is 465 g/mol. The number of nitrogens with two attached hydrogens (primary N) is 1. The minimum absolute atomic E-state index is 0.105. The molecule has 1 amide bonds.